The van der Waals surface area contributed by atoms with E-state index in [0.29, 0.717) is 12.1 Å². The fourth-order valence-electron chi connectivity index (χ4n) is 2.71. The zero-order valence-electron chi connectivity index (χ0n) is 11.2. The number of hydrogen-bond donors (Lipinski definition) is 1. The molecule has 0 saturated carbocycles. The van der Waals surface area contributed by atoms with Gasteiger partial charge in [-0.2, -0.15) is 0 Å². The van der Waals surface area contributed by atoms with Crippen molar-refractivity contribution in [2.75, 3.05) is 40.0 Å². The molecule has 2 saturated heterocycles. The van der Waals surface area contributed by atoms with Crippen molar-refractivity contribution in [3.63, 3.8) is 0 Å². The second-order valence-electron chi connectivity index (χ2n) is 5.14. The molecule has 104 valence electrons. The highest BCUT2D eigenvalue weighted by Crippen LogP contribution is 2.14. The van der Waals surface area contributed by atoms with E-state index in [1.54, 1.807) is 7.11 Å². The minimum atomic E-state index is 0.113. The van der Waals surface area contributed by atoms with Crippen molar-refractivity contribution in [2.24, 2.45) is 0 Å². The summed E-state index contributed by atoms with van der Waals surface area (Å²) in [5.41, 5.74) is 0. The number of piperidine rings is 1. The molecule has 0 atom stereocenters. The predicted molar refractivity (Wildman–Crippen MR) is 68.5 cm³/mol. The summed E-state index contributed by atoms with van der Waals surface area (Å²) in [5, 5.41) is 3.70. The van der Waals surface area contributed by atoms with Crippen molar-refractivity contribution in [1.29, 1.82) is 0 Å². The smallest absolute Gasteiger partial charge is 0.248 e. The number of nitrogens with one attached hydrogen (secondary N) is 1. The zero-order valence-corrected chi connectivity index (χ0v) is 11.2. The molecule has 2 heterocycles. The van der Waals surface area contributed by atoms with Crippen LogP contribution in [0.3, 0.4) is 0 Å². The maximum Gasteiger partial charge on any atom is 0.248 e. The fraction of sp³-hybridized carbons (Fsp3) is 0.923. The molecule has 0 aromatic rings. The van der Waals surface area contributed by atoms with E-state index < -0.39 is 0 Å². The summed E-state index contributed by atoms with van der Waals surface area (Å²) in [4.78, 5) is 13.6. The third kappa shape index (κ3) is 3.93. The van der Waals surface area contributed by atoms with Crippen molar-refractivity contribution >= 4 is 5.91 Å². The minimum absolute atomic E-state index is 0.113. The van der Waals surface area contributed by atoms with Gasteiger partial charge < -0.3 is 19.7 Å². The van der Waals surface area contributed by atoms with Gasteiger partial charge in [-0.15, -0.1) is 0 Å². The molecule has 2 aliphatic heterocycles. The molecular weight excluding hydrogens is 232 g/mol. The number of rotatable bonds is 4. The van der Waals surface area contributed by atoms with Crippen LogP contribution >= 0.6 is 0 Å². The molecule has 1 N–H and O–H groups in total. The van der Waals surface area contributed by atoms with Gasteiger partial charge in [0, 0.05) is 45.5 Å². The van der Waals surface area contributed by atoms with Gasteiger partial charge >= 0.3 is 0 Å². The van der Waals surface area contributed by atoms with Gasteiger partial charge in [-0.05, 0) is 25.7 Å². The highest BCUT2D eigenvalue weighted by Gasteiger charge is 2.24. The first-order valence-corrected chi connectivity index (χ1v) is 6.90. The molecule has 5 heteroatoms. The summed E-state index contributed by atoms with van der Waals surface area (Å²) in [5.74, 6) is 0.113. The molecule has 2 rings (SSSR count). The maximum absolute atomic E-state index is 11.7. The van der Waals surface area contributed by atoms with E-state index >= 15 is 0 Å². The number of ether oxygens (including phenoxy) is 2. The summed E-state index contributed by atoms with van der Waals surface area (Å²) in [6.07, 6.45) is 4.32. The molecule has 2 fully saturated rings. The second-order valence-corrected chi connectivity index (χ2v) is 5.14. The van der Waals surface area contributed by atoms with Crippen LogP contribution in [0, 0.1) is 0 Å². The standard InChI is InChI=1S/C13H24N2O3/c1-17-10-13(16)15-6-2-11(3-7-15)14-12-4-8-18-9-5-12/h11-12,14H,2-10H2,1H3. The lowest BCUT2D eigenvalue weighted by molar-refractivity contribution is -0.136. The van der Waals surface area contributed by atoms with Gasteiger partial charge in [0.15, 0.2) is 0 Å². The highest BCUT2D eigenvalue weighted by atomic mass is 16.5. The van der Waals surface area contributed by atoms with Gasteiger partial charge in [0.1, 0.15) is 6.61 Å². The molecule has 0 spiro atoms. The van der Waals surface area contributed by atoms with Crippen LogP contribution in [0.15, 0.2) is 0 Å². The summed E-state index contributed by atoms with van der Waals surface area (Å²) < 4.78 is 10.2. The molecule has 5 nitrogen and oxygen atoms in total. The monoisotopic (exact) mass is 256 g/mol. The Morgan fingerprint density at radius 1 is 1.22 bits per heavy atom. The normalized spacial score (nSPS) is 23.3. The van der Waals surface area contributed by atoms with Gasteiger partial charge in [0.05, 0.1) is 0 Å². The molecule has 0 aromatic carbocycles. The Labute approximate surface area is 109 Å². The Hall–Kier alpha value is -0.650. The van der Waals surface area contributed by atoms with Crippen molar-refractivity contribution in [2.45, 2.75) is 37.8 Å². The maximum atomic E-state index is 11.7. The van der Waals surface area contributed by atoms with E-state index in [4.69, 9.17) is 9.47 Å². The van der Waals surface area contributed by atoms with Crippen molar-refractivity contribution < 1.29 is 14.3 Å². The van der Waals surface area contributed by atoms with Crippen molar-refractivity contribution in [3.8, 4) is 0 Å². The lowest BCUT2D eigenvalue weighted by atomic mass is 10.0. The molecule has 0 unspecified atom stereocenters. The largest absolute Gasteiger partial charge is 0.381 e. The summed E-state index contributed by atoms with van der Waals surface area (Å²) in [6, 6.07) is 1.16. The van der Waals surface area contributed by atoms with E-state index in [9.17, 15) is 4.79 Å². The van der Waals surface area contributed by atoms with Crippen molar-refractivity contribution in [3.05, 3.63) is 0 Å². The number of carbonyl (C=O) groups is 1. The van der Waals surface area contributed by atoms with Crippen LogP contribution in [-0.4, -0.2) is 62.9 Å². The lowest BCUT2D eigenvalue weighted by Crippen LogP contribution is -2.49. The SMILES string of the molecule is COCC(=O)N1CCC(NC2CCOCC2)CC1. The Balaban J connectivity index is 1.68. The number of hydrogen-bond acceptors (Lipinski definition) is 4. The zero-order chi connectivity index (χ0) is 12.8. The van der Waals surface area contributed by atoms with Gasteiger partial charge in [0.2, 0.25) is 5.91 Å². The third-order valence-corrected chi connectivity index (χ3v) is 3.81. The Kier molecular flexibility index (Phi) is 5.41. The molecular formula is C13H24N2O3. The fourth-order valence-corrected chi connectivity index (χ4v) is 2.71. The van der Waals surface area contributed by atoms with Crippen LogP contribution in [0.2, 0.25) is 0 Å². The Morgan fingerprint density at radius 2 is 1.83 bits per heavy atom. The van der Waals surface area contributed by atoms with Crippen LogP contribution in [0.25, 0.3) is 0 Å². The number of nitrogens with zero attached hydrogens (tertiary/aromatic N) is 1. The van der Waals surface area contributed by atoms with E-state index in [2.05, 4.69) is 5.32 Å². The molecule has 0 aliphatic carbocycles. The van der Waals surface area contributed by atoms with Crippen LogP contribution < -0.4 is 5.32 Å². The van der Waals surface area contributed by atoms with Crippen LogP contribution in [0.5, 0.6) is 0 Å². The molecule has 2 aliphatic rings. The molecule has 0 bridgehead atoms. The molecule has 18 heavy (non-hydrogen) atoms. The predicted octanol–water partition coefficient (Wildman–Crippen LogP) is 0.392. The van der Waals surface area contributed by atoms with Gasteiger partial charge in [-0.3, -0.25) is 4.79 Å². The van der Waals surface area contributed by atoms with Crippen LogP contribution in [0.4, 0.5) is 0 Å². The van der Waals surface area contributed by atoms with Crippen LogP contribution in [-0.2, 0) is 14.3 Å². The van der Waals surface area contributed by atoms with Crippen LogP contribution in [0.1, 0.15) is 25.7 Å². The Morgan fingerprint density at radius 3 is 2.44 bits per heavy atom. The molecule has 0 radical (unpaired) electrons. The number of methoxy groups -OCH3 is 1. The summed E-state index contributed by atoms with van der Waals surface area (Å²) in [6.45, 7) is 3.66. The minimum Gasteiger partial charge on any atom is -0.381 e. The lowest BCUT2D eigenvalue weighted by Gasteiger charge is -2.35. The number of amides is 1. The quantitative estimate of drug-likeness (QED) is 0.790. The number of carbonyl (C=O) groups excluding carboxylic acids is 1. The van der Waals surface area contributed by atoms with Gasteiger partial charge in [-0.25, -0.2) is 0 Å². The molecule has 0 aromatic heterocycles. The highest BCUT2D eigenvalue weighted by molar-refractivity contribution is 5.77. The third-order valence-electron chi connectivity index (χ3n) is 3.81. The van der Waals surface area contributed by atoms with Crippen molar-refractivity contribution in [1.82, 2.24) is 10.2 Å². The van der Waals surface area contributed by atoms with Gasteiger partial charge in [0.25, 0.3) is 0 Å². The average molecular weight is 256 g/mol. The van der Waals surface area contributed by atoms with E-state index in [0.717, 1.165) is 52.0 Å². The molecule has 1 amide bonds. The second kappa shape index (κ2) is 7.07. The van der Waals surface area contributed by atoms with E-state index in [1.807, 2.05) is 4.90 Å². The first kappa shape index (κ1) is 13.8. The summed E-state index contributed by atoms with van der Waals surface area (Å²) >= 11 is 0. The average Bonchev–Trinajstić information content (AvgIpc) is 2.41. The van der Waals surface area contributed by atoms with Gasteiger partial charge in [-0.1, -0.05) is 0 Å². The Bertz CT molecular complexity index is 259. The first-order chi connectivity index (χ1) is 8.79. The van der Waals surface area contributed by atoms with E-state index in [1.165, 1.54) is 0 Å². The topological polar surface area (TPSA) is 50.8 Å². The number of likely N-dealkylation sites (tertiary alicyclic amines) is 1. The summed E-state index contributed by atoms with van der Waals surface area (Å²) in [7, 11) is 1.57. The first-order valence-electron chi connectivity index (χ1n) is 6.90. The van der Waals surface area contributed by atoms with E-state index in [-0.39, 0.29) is 12.5 Å².